The van der Waals surface area contributed by atoms with Gasteiger partial charge < -0.3 is 5.32 Å². The Hall–Kier alpha value is -2.17. The molecule has 0 radical (unpaired) electrons. The molecule has 2 aliphatic rings. The predicted molar refractivity (Wildman–Crippen MR) is 112 cm³/mol. The van der Waals surface area contributed by atoms with Crippen LogP contribution in [-0.4, -0.2) is 22.4 Å². The first-order chi connectivity index (χ1) is 12.7. The van der Waals surface area contributed by atoms with Crippen LogP contribution in [0.4, 0.5) is 0 Å². The van der Waals surface area contributed by atoms with E-state index >= 15 is 0 Å². The second-order valence-corrected chi connectivity index (χ2v) is 7.37. The summed E-state index contributed by atoms with van der Waals surface area (Å²) in [4.78, 5) is 0. The Morgan fingerprint density at radius 2 is 2.04 bits per heavy atom. The minimum absolute atomic E-state index is 0.0110. The lowest BCUT2D eigenvalue weighted by Gasteiger charge is -2.31. The molecule has 0 unspecified atom stereocenters. The van der Waals surface area contributed by atoms with Crippen molar-refractivity contribution in [3.63, 3.8) is 0 Å². The summed E-state index contributed by atoms with van der Waals surface area (Å²) in [5.41, 5.74) is 4.77. The molecule has 0 bridgehead atoms. The molecule has 1 aliphatic carbocycles. The van der Waals surface area contributed by atoms with E-state index in [1.165, 1.54) is 11.1 Å². The molecule has 0 aromatic heterocycles. The van der Waals surface area contributed by atoms with Crippen LogP contribution in [-0.2, 0) is 6.42 Å². The maximum absolute atomic E-state index is 6.55. The van der Waals surface area contributed by atoms with Crippen LogP contribution in [0, 0.1) is 5.92 Å². The number of rotatable bonds is 3. The van der Waals surface area contributed by atoms with Crippen LogP contribution < -0.4 is 5.32 Å². The largest absolute Gasteiger partial charge is 0.358 e. The van der Waals surface area contributed by atoms with Crippen LogP contribution in [0.25, 0.3) is 0 Å². The summed E-state index contributed by atoms with van der Waals surface area (Å²) in [6.45, 7) is 4.36. The Labute approximate surface area is 164 Å². The van der Waals surface area contributed by atoms with Crippen molar-refractivity contribution < 1.29 is 0 Å². The molecule has 1 N–H and O–H groups in total. The van der Waals surface area contributed by atoms with Gasteiger partial charge in [-0.25, -0.2) is 5.01 Å². The third kappa shape index (κ3) is 2.93. The van der Waals surface area contributed by atoms with Crippen molar-refractivity contribution in [1.29, 1.82) is 0 Å². The van der Waals surface area contributed by atoms with E-state index in [1.54, 1.807) is 6.08 Å². The number of hydrazone groups is 1. The minimum Gasteiger partial charge on any atom is -0.358 e. The SMILES string of the molecule is C=CCNC(=S)N1N=C2c3ccccc3CC[C@H]2[C@H]1c1ccccc1Cl. The van der Waals surface area contributed by atoms with Crippen LogP contribution in [0.2, 0.25) is 5.02 Å². The second-order valence-electron chi connectivity index (χ2n) is 6.57. The van der Waals surface area contributed by atoms with Gasteiger partial charge in [0.25, 0.3) is 0 Å². The maximum Gasteiger partial charge on any atom is 0.190 e. The van der Waals surface area contributed by atoms with Gasteiger partial charge in [-0.1, -0.05) is 60.1 Å². The van der Waals surface area contributed by atoms with Gasteiger partial charge in [0.05, 0.1) is 11.8 Å². The van der Waals surface area contributed by atoms with E-state index in [9.17, 15) is 0 Å². The zero-order valence-corrected chi connectivity index (χ0v) is 15.9. The van der Waals surface area contributed by atoms with E-state index in [-0.39, 0.29) is 12.0 Å². The molecule has 0 saturated heterocycles. The van der Waals surface area contributed by atoms with Crippen molar-refractivity contribution in [2.75, 3.05) is 6.54 Å². The number of aryl methyl sites for hydroxylation is 1. The third-order valence-corrected chi connectivity index (χ3v) is 5.73. The molecule has 0 amide bonds. The van der Waals surface area contributed by atoms with E-state index < -0.39 is 0 Å². The molecule has 3 nitrogen and oxygen atoms in total. The Morgan fingerprint density at radius 3 is 2.85 bits per heavy atom. The lowest BCUT2D eigenvalue weighted by molar-refractivity contribution is 0.304. The van der Waals surface area contributed by atoms with Crippen molar-refractivity contribution in [3.8, 4) is 0 Å². The molecular weight excluding hydrogens is 362 g/mol. The monoisotopic (exact) mass is 381 g/mol. The van der Waals surface area contributed by atoms with Crippen molar-refractivity contribution in [3.05, 3.63) is 82.9 Å². The number of benzene rings is 2. The molecular formula is C21H20ClN3S. The lowest BCUT2D eigenvalue weighted by Crippen LogP contribution is -2.38. The number of fused-ring (bicyclic) bond motifs is 3. The maximum atomic E-state index is 6.55. The van der Waals surface area contributed by atoms with Gasteiger partial charge in [0, 0.05) is 23.0 Å². The molecule has 5 heteroatoms. The van der Waals surface area contributed by atoms with Gasteiger partial charge in [-0.05, 0) is 42.3 Å². The molecule has 1 heterocycles. The molecule has 0 saturated carbocycles. The predicted octanol–water partition coefficient (Wildman–Crippen LogP) is 4.72. The Kier molecular flexibility index (Phi) is 4.79. The summed E-state index contributed by atoms with van der Waals surface area (Å²) in [6, 6.07) is 16.5. The molecule has 1 aliphatic heterocycles. The fraction of sp³-hybridized carbons (Fsp3) is 0.238. The average molecular weight is 382 g/mol. The van der Waals surface area contributed by atoms with Gasteiger partial charge in [0.1, 0.15) is 0 Å². The van der Waals surface area contributed by atoms with Crippen LogP contribution in [0.1, 0.15) is 29.2 Å². The van der Waals surface area contributed by atoms with Crippen LogP contribution >= 0.6 is 23.8 Å². The first-order valence-electron chi connectivity index (χ1n) is 8.80. The minimum atomic E-state index is 0.0110. The third-order valence-electron chi connectivity index (χ3n) is 5.06. The molecule has 26 heavy (non-hydrogen) atoms. The highest BCUT2D eigenvalue weighted by atomic mass is 35.5. The van der Waals surface area contributed by atoms with E-state index in [2.05, 4.69) is 42.2 Å². The lowest BCUT2D eigenvalue weighted by atomic mass is 9.77. The van der Waals surface area contributed by atoms with Gasteiger partial charge in [-0.2, -0.15) is 5.10 Å². The zero-order chi connectivity index (χ0) is 18.1. The molecule has 4 rings (SSSR count). The summed E-state index contributed by atoms with van der Waals surface area (Å²) >= 11 is 12.2. The van der Waals surface area contributed by atoms with Crippen molar-refractivity contribution in [1.82, 2.24) is 10.3 Å². The smallest absolute Gasteiger partial charge is 0.190 e. The average Bonchev–Trinajstić information content (AvgIpc) is 3.06. The summed E-state index contributed by atoms with van der Waals surface area (Å²) < 4.78 is 0. The van der Waals surface area contributed by atoms with Gasteiger partial charge in [-0.15, -0.1) is 6.58 Å². The van der Waals surface area contributed by atoms with Crippen molar-refractivity contribution in [2.24, 2.45) is 11.0 Å². The topological polar surface area (TPSA) is 27.6 Å². The van der Waals surface area contributed by atoms with E-state index in [1.807, 2.05) is 23.2 Å². The molecule has 0 spiro atoms. The Balaban J connectivity index is 1.79. The Bertz CT molecular complexity index is 892. The fourth-order valence-electron chi connectivity index (χ4n) is 3.90. The second kappa shape index (κ2) is 7.22. The van der Waals surface area contributed by atoms with E-state index in [0.717, 1.165) is 29.1 Å². The van der Waals surface area contributed by atoms with Crippen LogP contribution in [0.15, 0.2) is 66.3 Å². The molecule has 0 fully saturated rings. The highest BCUT2D eigenvalue weighted by Gasteiger charge is 2.43. The molecule has 2 aromatic rings. The normalized spacial score (nSPS) is 20.8. The first-order valence-corrected chi connectivity index (χ1v) is 9.58. The zero-order valence-electron chi connectivity index (χ0n) is 14.4. The highest BCUT2D eigenvalue weighted by Crippen LogP contribution is 2.45. The number of hydrogen-bond donors (Lipinski definition) is 1. The standard InChI is InChI=1S/C21H20ClN3S/c1-2-13-23-21(26)25-20(16-9-5-6-10-18(16)22)17-12-11-14-7-3-4-8-15(14)19(17)24-25/h2-10,17,20H,1,11-13H2,(H,23,26)/t17-,20-/m1/s1. The van der Waals surface area contributed by atoms with Crippen LogP contribution in [0.5, 0.6) is 0 Å². The highest BCUT2D eigenvalue weighted by molar-refractivity contribution is 7.80. The summed E-state index contributed by atoms with van der Waals surface area (Å²) in [7, 11) is 0. The molecule has 2 atom stereocenters. The molecule has 2 aromatic carbocycles. The molecule has 132 valence electrons. The number of thiocarbonyl (C=S) groups is 1. The number of halogens is 1. The van der Waals surface area contributed by atoms with Crippen molar-refractivity contribution >= 4 is 34.6 Å². The van der Waals surface area contributed by atoms with Gasteiger partial charge >= 0.3 is 0 Å². The summed E-state index contributed by atoms with van der Waals surface area (Å²) in [5, 5.41) is 11.5. The summed E-state index contributed by atoms with van der Waals surface area (Å²) in [5.74, 6) is 0.272. The van der Waals surface area contributed by atoms with Gasteiger partial charge in [0.2, 0.25) is 0 Å². The number of nitrogens with one attached hydrogen (secondary N) is 1. The van der Waals surface area contributed by atoms with Gasteiger partial charge in [-0.3, -0.25) is 0 Å². The fourth-order valence-corrected chi connectivity index (χ4v) is 4.38. The van der Waals surface area contributed by atoms with E-state index in [0.29, 0.717) is 11.7 Å². The Morgan fingerprint density at radius 1 is 1.27 bits per heavy atom. The number of nitrogens with zero attached hydrogens (tertiary/aromatic N) is 2. The van der Waals surface area contributed by atoms with Crippen LogP contribution in [0.3, 0.4) is 0 Å². The van der Waals surface area contributed by atoms with E-state index in [4.69, 9.17) is 28.9 Å². The first kappa shape index (κ1) is 17.3. The van der Waals surface area contributed by atoms with Gasteiger partial charge in [0.15, 0.2) is 5.11 Å². The van der Waals surface area contributed by atoms with Crippen molar-refractivity contribution in [2.45, 2.75) is 18.9 Å². The number of hydrogen-bond acceptors (Lipinski definition) is 2. The summed E-state index contributed by atoms with van der Waals surface area (Å²) in [6.07, 6.45) is 3.87. The quantitative estimate of drug-likeness (QED) is 0.615.